The summed E-state index contributed by atoms with van der Waals surface area (Å²) in [5.41, 5.74) is 1.08. The number of carbonyl (C=O) groups is 1. The topological polar surface area (TPSA) is 74.2 Å². The van der Waals surface area contributed by atoms with E-state index in [1.54, 1.807) is 12.1 Å². The van der Waals surface area contributed by atoms with E-state index >= 15 is 0 Å². The molecule has 1 fully saturated rings. The Morgan fingerprint density at radius 2 is 2.19 bits per heavy atom. The lowest BCUT2D eigenvalue weighted by Gasteiger charge is -2.21. The predicted molar refractivity (Wildman–Crippen MR) is 109 cm³/mol. The molecule has 1 aliphatic heterocycles. The Morgan fingerprint density at radius 3 is 2.81 bits per heavy atom. The Morgan fingerprint density at radius 1 is 1.46 bits per heavy atom. The van der Waals surface area contributed by atoms with Crippen molar-refractivity contribution in [2.24, 2.45) is 16.8 Å². The molecule has 0 bridgehead atoms. The lowest BCUT2D eigenvalue weighted by Crippen LogP contribution is -2.40. The molecule has 0 radical (unpaired) electrons. The van der Waals surface area contributed by atoms with Crippen LogP contribution in [0.1, 0.15) is 25.0 Å². The average Bonchev–Trinajstić information content (AvgIpc) is 3.00. The summed E-state index contributed by atoms with van der Waals surface area (Å²) >= 11 is 0. The van der Waals surface area contributed by atoms with E-state index in [1.165, 1.54) is 13.2 Å². The largest absolute Gasteiger partial charge is 0.469 e. The molecule has 2 rings (SSSR count). The molecule has 1 saturated heterocycles. The Bertz CT molecular complexity index is 642. The first-order valence-electron chi connectivity index (χ1n) is 8.49. The fourth-order valence-electron chi connectivity index (χ4n) is 3.04. The number of rotatable bonds is 5. The van der Waals surface area contributed by atoms with Crippen molar-refractivity contribution in [1.29, 1.82) is 0 Å². The molecule has 2 atom stereocenters. The van der Waals surface area contributed by atoms with Crippen LogP contribution < -0.4 is 5.32 Å². The van der Waals surface area contributed by atoms with E-state index in [-0.39, 0.29) is 54.0 Å². The zero-order chi connectivity index (χ0) is 18.4. The van der Waals surface area contributed by atoms with Crippen LogP contribution in [0.2, 0.25) is 0 Å². The number of ether oxygens (including phenoxy) is 1. The third kappa shape index (κ3) is 5.54. The van der Waals surface area contributed by atoms with Gasteiger partial charge in [-0.05, 0) is 30.5 Å². The second-order valence-electron chi connectivity index (χ2n) is 6.27. The number of halogens is 2. The molecule has 0 saturated carbocycles. The zero-order valence-electron chi connectivity index (χ0n) is 15.4. The summed E-state index contributed by atoms with van der Waals surface area (Å²) in [6, 6.07) is 4.62. The van der Waals surface area contributed by atoms with Gasteiger partial charge in [0.05, 0.1) is 26.2 Å². The van der Waals surface area contributed by atoms with Gasteiger partial charge in [-0.2, -0.15) is 0 Å². The molecule has 0 aliphatic carbocycles. The molecule has 2 unspecified atom stereocenters. The highest BCUT2D eigenvalue weighted by atomic mass is 127. The third-order valence-electron chi connectivity index (χ3n) is 4.44. The molecule has 1 heterocycles. The summed E-state index contributed by atoms with van der Waals surface area (Å²) in [7, 11) is 1.41. The van der Waals surface area contributed by atoms with Gasteiger partial charge < -0.3 is 20.1 Å². The molecule has 0 amide bonds. The van der Waals surface area contributed by atoms with Crippen molar-refractivity contribution in [3.63, 3.8) is 0 Å². The molecule has 0 spiro atoms. The van der Waals surface area contributed by atoms with Gasteiger partial charge in [0.25, 0.3) is 0 Å². The standard InChI is InChI=1S/C18H26FN3O3.HI/c1-4-20-18(22-9-12(2)15(10-22)17(24)25-3)21-8-13-5-6-16(19)14(7-13)11-23;/h5-7,12,15,23H,4,8-11H2,1-3H3,(H,20,21);1H. The molecule has 8 heteroatoms. The van der Waals surface area contributed by atoms with Gasteiger partial charge in [-0.1, -0.05) is 13.0 Å². The number of hydrogen-bond donors (Lipinski definition) is 2. The number of methoxy groups -OCH3 is 1. The van der Waals surface area contributed by atoms with Crippen LogP contribution in [-0.4, -0.2) is 48.7 Å². The number of likely N-dealkylation sites (tertiary alicyclic amines) is 1. The highest BCUT2D eigenvalue weighted by molar-refractivity contribution is 14.0. The van der Waals surface area contributed by atoms with Crippen LogP contribution in [0.25, 0.3) is 0 Å². The van der Waals surface area contributed by atoms with Crippen LogP contribution in [0, 0.1) is 17.7 Å². The highest BCUT2D eigenvalue weighted by Crippen LogP contribution is 2.24. The first kappa shape index (κ1) is 22.6. The van der Waals surface area contributed by atoms with Crippen molar-refractivity contribution in [3.8, 4) is 0 Å². The van der Waals surface area contributed by atoms with Crippen LogP contribution in [0.3, 0.4) is 0 Å². The van der Waals surface area contributed by atoms with Crippen LogP contribution in [0.5, 0.6) is 0 Å². The van der Waals surface area contributed by atoms with E-state index < -0.39 is 5.82 Å². The summed E-state index contributed by atoms with van der Waals surface area (Å²) in [6.07, 6.45) is 0. The quantitative estimate of drug-likeness (QED) is 0.293. The van der Waals surface area contributed by atoms with Gasteiger partial charge in [-0.25, -0.2) is 9.38 Å². The van der Waals surface area contributed by atoms with Crippen LogP contribution in [-0.2, 0) is 22.7 Å². The van der Waals surface area contributed by atoms with Gasteiger partial charge in [0.15, 0.2) is 5.96 Å². The Hall–Kier alpha value is -1.42. The molecule has 146 valence electrons. The summed E-state index contributed by atoms with van der Waals surface area (Å²) in [6.45, 7) is 6.02. The van der Waals surface area contributed by atoms with Crippen molar-refractivity contribution in [2.45, 2.75) is 27.0 Å². The van der Waals surface area contributed by atoms with Gasteiger partial charge in [-0.3, -0.25) is 4.79 Å². The lowest BCUT2D eigenvalue weighted by atomic mass is 9.99. The molecule has 1 aromatic carbocycles. The molecule has 1 aliphatic rings. The first-order chi connectivity index (χ1) is 12.0. The number of esters is 1. The minimum Gasteiger partial charge on any atom is -0.469 e. The van der Waals surface area contributed by atoms with Gasteiger partial charge in [0.1, 0.15) is 5.82 Å². The second-order valence-corrected chi connectivity index (χ2v) is 6.27. The SMILES string of the molecule is CCNC(=NCc1ccc(F)c(CO)c1)N1CC(C)C(C(=O)OC)C1.I. The Kier molecular flexibility index (Phi) is 9.28. The van der Waals surface area contributed by atoms with Crippen molar-refractivity contribution in [3.05, 3.63) is 35.1 Å². The number of hydrogen-bond acceptors (Lipinski definition) is 4. The lowest BCUT2D eigenvalue weighted by molar-refractivity contribution is -0.145. The van der Waals surface area contributed by atoms with E-state index in [9.17, 15) is 14.3 Å². The fourth-order valence-corrected chi connectivity index (χ4v) is 3.04. The van der Waals surface area contributed by atoms with Crippen LogP contribution in [0.15, 0.2) is 23.2 Å². The van der Waals surface area contributed by atoms with Gasteiger partial charge in [-0.15, -0.1) is 24.0 Å². The van der Waals surface area contributed by atoms with Crippen molar-refractivity contribution in [2.75, 3.05) is 26.7 Å². The average molecular weight is 479 g/mol. The normalized spacial score (nSPS) is 19.9. The number of aliphatic hydroxyl groups is 1. The number of carbonyl (C=O) groups excluding carboxylic acids is 1. The number of nitrogens with zero attached hydrogens (tertiary/aromatic N) is 2. The van der Waals surface area contributed by atoms with Gasteiger partial charge >= 0.3 is 5.97 Å². The molecule has 26 heavy (non-hydrogen) atoms. The van der Waals surface area contributed by atoms with E-state index in [0.717, 1.165) is 18.1 Å². The maximum atomic E-state index is 13.5. The number of benzene rings is 1. The summed E-state index contributed by atoms with van der Waals surface area (Å²) in [4.78, 5) is 18.5. The predicted octanol–water partition coefficient (Wildman–Crippen LogP) is 2.14. The Labute approximate surface area is 170 Å². The smallest absolute Gasteiger partial charge is 0.310 e. The first-order valence-corrected chi connectivity index (χ1v) is 8.49. The molecular weight excluding hydrogens is 452 g/mol. The maximum Gasteiger partial charge on any atom is 0.310 e. The molecule has 2 N–H and O–H groups in total. The van der Waals surface area contributed by atoms with E-state index in [1.807, 2.05) is 18.7 Å². The third-order valence-corrected chi connectivity index (χ3v) is 4.44. The number of nitrogens with one attached hydrogen (secondary N) is 1. The van der Waals surface area contributed by atoms with E-state index in [4.69, 9.17) is 4.74 Å². The number of guanidine groups is 1. The molecule has 0 aromatic heterocycles. The monoisotopic (exact) mass is 479 g/mol. The maximum absolute atomic E-state index is 13.5. The zero-order valence-corrected chi connectivity index (χ0v) is 17.7. The van der Waals surface area contributed by atoms with Crippen molar-refractivity contribution >= 4 is 35.9 Å². The minimum absolute atomic E-state index is 0. The Balaban J connectivity index is 0.00000338. The van der Waals surface area contributed by atoms with E-state index in [2.05, 4.69) is 10.3 Å². The van der Waals surface area contributed by atoms with Gasteiger partial charge in [0, 0.05) is 25.2 Å². The van der Waals surface area contributed by atoms with Crippen molar-refractivity contribution < 1.29 is 19.0 Å². The van der Waals surface area contributed by atoms with Crippen LogP contribution >= 0.6 is 24.0 Å². The highest BCUT2D eigenvalue weighted by Gasteiger charge is 2.36. The van der Waals surface area contributed by atoms with Crippen LogP contribution in [0.4, 0.5) is 4.39 Å². The summed E-state index contributed by atoms with van der Waals surface area (Å²) in [5, 5.41) is 12.4. The number of aliphatic hydroxyl groups excluding tert-OH is 1. The summed E-state index contributed by atoms with van der Waals surface area (Å²) < 4.78 is 18.3. The van der Waals surface area contributed by atoms with E-state index in [0.29, 0.717) is 19.6 Å². The second kappa shape index (κ2) is 10.7. The molecule has 6 nitrogen and oxygen atoms in total. The number of aliphatic imine (C=N–C) groups is 1. The molecule has 1 aromatic rings. The minimum atomic E-state index is -0.420. The molecular formula is C18H27FIN3O3. The summed E-state index contributed by atoms with van der Waals surface area (Å²) in [5.74, 6) is 0.118. The van der Waals surface area contributed by atoms with Crippen molar-refractivity contribution in [1.82, 2.24) is 10.2 Å². The fraction of sp³-hybridized carbons (Fsp3) is 0.556. The van der Waals surface area contributed by atoms with Gasteiger partial charge in [0.2, 0.25) is 0 Å².